The van der Waals surface area contributed by atoms with E-state index in [-0.39, 0.29) is 24.3 Å². The summed E-state index contributed by atoms with van der Waals surface area (Å²) in [5, 5.41) is 5.78. The number of hydrogen-bond donors (Lipinski definition) is 2. The molecule has 2 amide bonds. The van der Waals surface area contributed by atoms with E-state index in [1.807, 2.05) is 12.1 Å². The second-order valence-electron chi connectivity index (χ2n) is 10.6. The summed E-state index contributed by atoms with van der Waals surface area (Å²) in [5.74, 6) is 0.210. The number of ether oxygens (including phenoxy) is 5. The molecule has 1 aliphatic carbocycles. The quantitative estimate of drug-likeness (QED) is 0.288. The maximum atomic E-state index is 12.5. The van der Waals surface area contributed by atoms with Crippen LogP contribution in [0.1, 0.15) is 90.4 Å². The molecule has 4 atom stereocenters. The summed E-state index contributed by atoms with van der Waals surface area (Å²) in [6.45, 7) is 3.23. The van der Waals surface area contributed by atoms with Crippen molar-refractivity contribution in [1.82, 2.24) is 5.32 Å². The molecule has 3 aliphatic rings. The molecule has 1 spiro atoms. The van der Waals surface area contributed by atoms with E-state index in [9.17, 15) is 4.79 Å². The van der Waals surface area contributed by atoms with Gasteiger partial charge in [0.25, 0.3) is 0 Å². The smallest absolute Gasteiger partial charge is 0.319 e. The third kappa shape index (κ3) is 8.06. The molecule has 8 nitrogen and oxygen atoms in total. The highest BCUT2D eigenvalue weighted by Gasteiger charge is 2.58. The van der Waals surface area contributed by atoms with Crippen molar-refractivity contribution in [2.45, 2.75) is 121 Å². The summed E-state index contributed by atoms with van der Waals surface area (Å²) in [7, 11) is 1.61. The molecule has 4 rings (SSSR count). The van der Waals surface area contributed by atoms with Crippen LogP contribution in [0.5, 0.6) is 5.75 Å². The van der Waals surface area contributed by atoms with Crippen molar-refractivity contribution in [3.63, 3.8) is 0 Å². The summed E-state index contributed by atoms with van der Waals surface area (Å²) in [4.78, 5) is 12.5. The number of rotatable bonds is 14. The molecule has 2 saturated heterocycles. The number of fused-ring (bicyclic) bond motifs is 1. The van der Waals surface area contributed by atoms with Crippen LogP contribution in [0.4, 0.5) is 10.5 Å². The first-order valence-electron chi connectivity index (χ1n) is 14.4. The zero-order valence-corrected chi connectivity index (χ0v) is 22.7. The molecule has 1 aromatic rings. The van der Waals surface area contributed by atoms with Crippen LogP contribution in [0.2, 0.25) is 0 Å². The lowest BCUT2D eigenvalue weighted by atomic mass is 9.94. The predicted molar refractivity (Wildman–Crippen MR) is 143 cm³/mol. The van der Waals surface area contributed by atoms with E-state index in [4.69, 9.17) is 23.7 Å². The first-order valence-corrected chi connectivity index (χ1v) is 14.4. The van der Waals surface area contributed by atoms with E-state index >= 15 is 0 Å². The number of methoxy groups -OCH3 is 1. The van der Waals surface area contributed by atoms with Crippen LogP contribution in [0.25, 0.3) is 0 Å². The molecule has 2 heterocycles. The molecule has 8 heteroatoms. The molecule has 1 saturated carbocycles. The fourth-order valence-electron chi connectivity index (χ4n) is 5.59. The van der Waals surface area contributed by atoms with Gasteiger partial charge in [-0.25, -0.2) is 4.79 Å². The number of unbranched alkanes of at least 4 members (excludes halogenated alkanes) is 7. The minimum Gasteiger partial charge on any atom is -0.497 e. The number of urea groups is 1. The SMILES string of the molecule is CCCCCCCCCCO[C@@H]1[C@H]2OC3(CCCCC3)O[C@H]2O[C@@H]1CNC(=O)Nc1ccc(OC)cc1. The highest BCUT2D eigenvalue weighted by molar-refractivity contribution is 5.89. The van der Waals surface area contributed by atoms with Crippen molar-refractivity contribution in [3.05, 3.63) is 24.3 Å². The number of carbonyl (C=O) groups excluding carboxylic acids is 1. The summed E-state index contributed by atoms with van der Waals surface area (Å²) < 4.78 is 30.6. The molecule has 208 valence electrons. The van der Waals surface area contributed by atoms with E-state index < -0.39 is 12.1 Å². The summed E-state index contributed by atoms with van der Waals surface area (Å²) in [5.41, 5.74) is 0.691. The number of benzene rings is 1. The maximum Gasteiger partial charge on any atom is 0.319 e. The van der Waals surface area contributed by atoms with Crippen molar-refractivity contribution in [1.29, 1.82) is 0 Å². The van der Waals surface area contributed by atoms with Gasteiger partial charge < -0.3 is 34.3 Å². The Morgan fingerprint density at radius 1 is 0.973 bits per heavy atom. The zero-order chi connectivity index (χ0) is 25.9. The minimum atomic E-state index is -0.530. The third-order valence-electron chi connectivity index (χ3n) is 7.68. The molecule has 37 heavy (non-hydrogen) atoms. The fourth-order valence-corrected chi connectivity index (χ4v) is 5.59. The van der Waals surface area contributed by atoms with E-state index in [1.165, 1.54) is 51.4 Å². The monoisotopic (exact) mass is 518 g/mol. The number of nitrogens with one attached hydrogen (secondary N) is 2. The van der Waals surface area contributed by atoms with E-state index in [2.05, 4.69) is 17.6 Å². The van der Waals surface area contributed by atoms with Crippen LogP contribution >= 0.6 is 0 Å². The van der Waals surface area contributed by atoms with Gasteiger partial charge in [-0.15, -0.1) is 0 Å². The Hall–Kier alpha value is -1.87. The lowest BCUT2D eigenvalue weighted by molar-refractivity contribution is -0.247. The largest absolute Gasteiger partial charge is 0.497 e. The average Bonchev–Trinajstić information content (AvgIpc) is 3.40. The normalized spacial score (nSPS) is 26.2. The predicted octanol–water partition coefficient (Wildman–Crippen LogP) is 6.14. The number of anilines is 1. The van der Waals surface area contributed by atoms with Gasteiger partial charge in [0.2, 0.25) is 0 Å². The Morgan fingerprint density at radius 2 is 1.68 bits per heavy atom. The van der Waals surface area contributed by atoms with Gasteiger partial charge in [0, 0.05) is 31.7 Å². The van der Waals surface area contributed by atoms with Crippen molar-refractivity contribution in [2.75, 3.05) is 25.6 Å². The molecule has 0 radical (unpaired) electrons. The van der Waals surface area contributed by atoms with Crippen LogP contribution in [0.15, 0.2) is 24.3 Å². The highest BCUT2D eigenvalue weighted by Crippen LogP contribution is 2.45. The van der Waals surface area contributed by atoms with E-state index in [1.54, 1.807) is 19.2 Å². The highest BCUT2D eigenvalue weighted by atomic mass is 16.8. The van der Waals surface area contributed by atoms with Gasteiger partial charge in [0.15, 0.2) is 12.1 Å². The Bertz CT molecular complexity index is 813. The van der Waals surface area contributed by atoms with Crippen LogP contribution in [-0.4, -0.2) is 56.7 Å². The van der Waals surface area contributed by atoms with Gasteiger partial charge in [0.1, 0.15) is 24.1 Å². The van der Waals surface area contributed by atoms with E-state index in [0.717, 1.165) is 37.9 Å². The fraction of sp³-hybridized carbons (Fsp3) is 0.759. The standard InChI is InChI=1S/C29H46N2O6/c1-3-4-5-6-7-8-9-13-20-34-25-24(21-30-28(32)31-22-14-16-23(33-2)17-15-22)35-27-26(25)36-29(37-27)18-11-10-12-19-29/h14-17,24-27H,3-13,18-21H2,1-2H3,(H2,30,31,32)/t24-,25+,26-,27-/m1/s1. The van der Waals surface area contributed by atoms with E-state index in [0.29, 0.717) is 18.8 Å². The van der Waals surface area contributed by atoms with Crippen LogP contribution in [0, 0.1) is 0 Å². The number of amides is 2. The zero-order valence-electron chi connectivity index (χ0n) is 22.7. The first-order chi connectivity index (χ1) is 18.1. The number of hydrogen-bond acceptors (Lipinski definition) is 6. The lowest BCUT2D eigenvalue weighted by Crippen LogP contribution is -2.45. The Balaban J connectivity index is 1.25. The van der Waals surface area contributed by atoms with Crippen LogP contribution < -0.4 is 15.4 Å². The summed E-state index contributed by atoms with van der Waals surface area (Å²) >= 11 is 0. The van der Waals surface area contributed by atoms with Gasteiger partial charge in [-0.05, 0) is 43.5 Å². The van der Waals surface area contributed by atoms with Gasteiger partial charge >= 0.3 is 6.03 Å². The van der Waals surface area contributed by atoms with Crippen molar-refractivity contribution in [3.8, 4) is 5.75 Å². The van der Waals surface area contributed by atoms with Crippen molar-refractivity contribution < 1.29 is 28.5 Å². The van der Waals surface area contributed by atoms with Crippen LogP contribution in [0.3, 0.4) is 0 Å². The first kappa shape index (κ1) is 28.1. The Morgan fingerprint density at radius 3 is 2.38 bits per heavy atom. The van der Waals surface area contributed by atoms with Gasteiger partial charge in [0.05, 0.1) is 7.11 Å². The third-order valence-corrected chi connectivity index (χ3v) is 7.68. The topological polar surface area (TPSA) is 87.3 Å². The molecule has 1 aromatic carbocycles. The Labute approximate surface area is 222 Å². The summed E-state index contributed by atoms with van der Waals surface area (Å²) in [6, 6.07) is 6.92. The molecule has 2 aliphatic heterocycles. The average molecular weight is 519 g/mol. The molecule has 0 unspecified atom stereocenters. The second kappa shape index (κ2) is 14.3. The Kier molecular flexibility index (Phi) is 10.9. The molecular weight excluding hydrogens is 472 g/mol. The van der Waals surface area contributed by atoms with Gasteiger partial charge in [-0.3, -0.25) is 0 Å². The van der Waals surface area contributed by atoms with Crippen LogP contribution in [-0.2, 0) is 18.9 Å². The van der Waals surface area contributed by atoms with Crippen molar-refractivity contribution >= 4 is 11.7 Å². The molecule has 0 aromatic heterocycles. The van der Waals surface area contributed by atoms with Gasteiger partial charge in [-0.1, -0.05) is 58.3 Å². The molecule has 0 bridgehead atoms. The summed E-state index contributed by atoms with van der Waals surface area (Å²) in [6.07, 6.45) is 14.0. The van der Waals surface area contributed by atoms with Crippen molar-refractivity contribution in [2.24, 2.45) is 0 Å². The molecular formula is C29H46N2O6. The molecule has 2 N–H and O–H groups in total. The molecule has 3 fully saturated rings. The van der Waals surface area contributed by atoms with Gasteiger partial charge in [-0.2, -0.15) is 0 Å². The maximum absolute atomic E-state index is 12.5. The lowest BCUT2D eigenvalue weighted by Gasteiger charge is -2.34. The second-order valence-corrected chi connectivity index (χ2v) is 10.6. The number of carbonyl (C=O) groups is 1. The minimum absolute atomic E-state index is 0.261.